The smallest absolute Gasteiger partial charge is 0.0701 e. The van der Waals surface area contributed by atoms with Crippen molar-refractivity contribution < 1.29 is 0 Å². The third-order valence-corrected chi connectivity index (χ3v) is 3.47. The number of rotatable bonds is 2. The van der Waals surface area contributed by atoms with Crippen molar-refractivity contribution in [3.63, 3.8) is 0 Å². The second-order valence-electron chi connectivity index (χ2n) is 5.16. The maximum Gasteiger partial charge on any atom is 0.0701 e. The molecule has 4 aromatic rings. The summed E-state index contributed by atoms with van der Waals surface area (Å²) in [5, 5.41) is 0. The lowest BCUT2D eigenvalue weighted by atomic mass is 10.1. The molecule has 0 aliphatic heterocycles. The van der Waals surface area contributed by atoms with Gasteiger partial charge in [0.25, 0.3) is 0 Å². The fourth-order valence-corrected chi connectivity index (χ4v) is 2.28. The molecule has 4 rings (SSSR count). The van der Waals surface area contributed by atoms with Crippen LogP contribution in [0.1, 0.15) is 0 Å². The fourth-order valence-electron chi connectivity index (χ4n) is 2.28. The van der Waals surface area contributed by atoms with Crippen LogP contribution >= 0.6 is 0 Å². The van der Waals surface area contributed by atoms with Crippen LogP contribution in [0.3, 0.4) is 0 Å². The van der Waals surface area contributed by atoms with E-state index in [1.807, 2.05) is 85.2 Å². The molecule has 0 bridgehead atoms. The highest BCUT2D eigenvalue weighted by Crippen LogP contribution is 2.15. The van der Waals surface area contributed by atoms with E-state index in [0.717, 1.165) is 22.5 Å². The van der Waals surface area contributed by atoms with Gasteiger partial charge in [-0.25, -0.2) is 0 Å². The van der Waals surface area contributed by atoms with Crippen LogP contribution in [0.2, 0.25) is 0 Å². The van der Waals surface area contributed by atoms with Gasteiger partial charge in [-0.15, -0.1) is 0 Å². The minimum absolute atomic E-state index is 0. The van der Waals surface area contributed by atoms with Gasteiger partial charge in [0.2, 0.25) is 0 Å². The van der Waals surface area contributed by atoms with Gasteiger partial charge in [0.15, 0.2) is 0 Å². The number of aromatic nitrogens is 2. The van der Waals surface area contributed by atoms with Crippen molar-refractivity contribution in [3.05, 3.63) is 109 Å². The molecule has 2 aromatic carbocycles. The summed E-state index contributed by atoms with van der Waals surface area (Å²) in [4.78, 5) is 8.50. The van der Waals surface area contributed by atoms with E-state index >= 15 is 0 Å². The predicted molar refractivity (Wildman–Crippen MR) is 104 cm³/mol. The Hall–Kier alpha value is -3.30. The summed E-state index contributed by atoms with van der Waals surface area (Å²) < 4.78 is 0. The lowest BCUT2D eigenvalue weighted by Crippen LogP contribution is -1.79. The number of hydrogen-bond donors (Lipinski definition) is 1. The summed E-state index contributed by atoms with van der Waals surface area (Å²) in [6.45, 7) is 0. The van der Waals surface area contributed by atoms with E-state index in [-0.39, 0.29) is 6.15 Å². The molecule has 0 spiro atoms. The van der Waals surface area contributed by atoms with Crippen molar-refractivity contribution in [2.24, 2.45) is 0 Å². The minimum Gasteiger partial charge on any atom is -0.344 e. The molecule has 0 saturated heterocycles. The molecule has 0 amide bonds. The van der Waals surface area contributed by atoms with Gasteiger partial charge in [0, 0.05) is 23.5 Å². The summed E-state index contributed by atoms with van der Waals surface area (Å²) in [5.74, 6) is 0. The molecule has 3 heteroatoms. The Morgan fingerprint density at radius 3 is 1.08 bits per heavy atom. The van der Waals surface area contributed by atoms with E-state index in [9.17, 15) is 0 Å². The Balaban J connectivity index is 0.000000173. The summed E-state index contributed by atoms with van der Waals surface area (Å²) in [6.07, 6.45) is 3.62. The molecular weight excluding hydrogens is 306 g/mol. The molecule has 0 fully saturated rings. The van der Waals surface area contributed by atoms with Crippen LogP contribution in [0.25, 0.3) is 22.5 Å². The zero-order chi connectivity index (χ0) is 16.5. The van der Waals surface area contributed by atoms with Crippen LogP contribution in [0.5, 0.6) is 0 Å². The van der Waals surface area contributed by atoms with Gasteiger partial charge in [0.1, 0.15) is 0 Å². The zero-order valence-corrected chi connectivity index (χ0v) is 14.0. The summed E-state index contributed by atoms with van der Waals surface area (Å²) in [6, 6.07) is 32.2. The highest BCUT2D eigenvalue weighted by atomic mass is 14.7. The second-order valence-corrected chi connectivity index (χ2v) is 5.16. The highest BCUT2D eigenvalue weighted by molar-refractivity contribution is 5.58. The molecule has 25 heavy (non-hydrogen) atoms. The third-order valence-electron chi connectivity index (χ3n) is 3.47. The van der Waals surface area contributed by atoms with Crippen molar-refractivity contribution in [3.8, 4) is 22.5 Å². The molecule has 0 saturated carbocycles. The quantitative estimate of drug-likeness (QED) is 0.517. The maximum absolute atomic E-state index is 4.25. The van der Waals surface area contributed by atoms with Crippen molar-refractivity contribution >= 4 is 0 Å². The molecule has 2 aromatic heterocycles. The lowest BCUT2D eigenvalue weighted by Gasteiger charge is -1.97. The van der Waals surface area contributed by atoms with Crippen LogP contribution in [0.4, 0.5) is 0 Å². The molecule has 0 atom stereocenters. The topological polar surface area (TPSA) is 60.8 Å². The van der Waals surface area contributed by atoms with E-state index < -0.39 is 0 Å². The first-order valence-electron chi connectivity index (χ1n) is 7.86. The van der Waals surface area contributed by atoms with Gasteiger partial charge < -0.3 is 6.15 Å². The van der Waals surface area contributed by atoms with E-state index in [0.29, 0.717) is 0 Å². The lowest BCUT2D eigenvalue weighted by molar-refractivity contribution is 1.33. The summed E-state index contributed by atoms with van der Waals surface area (Å²) in [7, 11) is 0. The van der Waals surface area contributed by atoms with Crippen LogP contribution in [0, 0.1) is 0 Å². The van der Waals surface area contributed by atoms with Crippen LogP contribution < -0.4 is 6.15 Å². The van der Waals surface area contributed by atoms with E-state index in [2.05, 4.69) is 34.2 Å². The normalized spacial score (nSPS) is 9.28. The van der Waals surface area contributed by atoms with Crippen molar-refractivity contribution in [1.29, 1.82) is 0 Å². The first kappa shape index (κ1) is 18.0. The van der Waals surface area contributed by atoms with Crippen molar-refractivity contribution in [1.82, 2.24) is 16.1 Å². The fraction of sp³-hybridized carbons (Fsp3) is 0. The molecule has 124 valence electrons. The molecule has 0 radical (unpaired) electrons. The zero-order valence-electron chi connectivity index (χ0n) is 14.0. The van der Waals surface area contributed by atoms with Crippen LogP contribution in [-0.4, -0.2) is 9.97 Å². The third kappa shape index (κ3) is 5.37. The van der Waals surface area contributed by atoms with Gasteiger partial charge in [-0.3, -0.25) is 9.97 Å². The largest absolute Gasteiger partial charge is 0.344 e. The number of benzene rings is 2. The second kappa shape index (κ2) is 9.75. The van der Waals surface area contributed by atoms with E-state index in [4.69, 9.17) is 0 Å². The highest BCUT2D eigenvalue weighted by Gasteiger charge is 1.94. The maximum atomic E-state index is 4.25. The molecular formula is C22H21N3. The van der Waals surface area contributed by atoms with Gasteiger partial charge in [-0.2, -0.15) is 0 Å². The Kier molecular flexibility index (Phi) is 7.04. The predicted octanol–water partition coefficient (Wildman–Crippen LogP) is 5.66. The number of pyridine rings is 2. The van der Waals surface area contributed by atoms with E-state index in [1.54, 1.807) is 0 Å². The van der Waals surface area contributed by atoms with Gasteiger partial charge in [0.05, 0.1) is 11.4 Å². The van der Waals surface area contributed by atoms with Crippen molar-refractivity contribution in [2.45, 2.75) is 0 Å². The Labute approximate surface area is 148 Å². The first-order valence-corrected chi connectivity index (χ1v) is 7.86. The molecule has 2 heterocycles. The Morgan fingerprint density at radius 2 is 0.760 bits per heavy atom. The minimum atomic E-state index is 0. The standard InChI is InChI=1S/2C11H9N.H3N/c2*1-2-6-10(7-3-1)11-8-4-5-9-12-11;/h2*1-9H;1H3. The van der Waals surface area contributed by atoms with E-state index in [1.165, 1.54) is 0 Å². The van der Waals surface area contributed by atoms with Crippen molar-refractivity contribution in [2.75, 3.05) is 0 Å². The molecule has 3 nitrogen and oxygen atoms in total. The number of hydrogen-bond acceptors (Lipinski definition) is 3. The molecule has 3 N–H and O–H groups in total. The monoisotopic (exact) mass is 327 g/mol. The van der Waals surface area contributed by atoms with Crippen LogP contribution in [0.15, 0.2) is 109 Å². The van der Waals surface area contributed by atoms with Crippen LogP contribution in [-0.2, 0) is 0 Å². The summed E-state index contributed by atoms with van der Waals surface area (Å²) in [5.41, 5.74) is 4.38. The molecule has 0 aliphatic carbocycles. The van der Waals surface area contributed by atoms with Gasteiger partial charge in [-0.1, -0.05) is 72.8 Å². The Bertz CT molecular complexity index is 683. The summed E-state index contributed by atoms with van der Waals surface area (Å²) >= 11 is 0. The SMILES string of the molecule is N.c1ccc(-c2ccccn2)cc1.c1ccc(-c2ccccn2)cc1. The molecule has 0 aliphatic rings. The number of nitrogens with zero attached hydrogens (tertiary/aromatic N) is 2. The van der Waals surface area contributed by atoms with Gasteiger partial charge >= 0.3 is 0 Å². The Morgan fingerprint density at radius 1 is 0.400 bits per heavy atom. The molecule has 0 unspecified atom stereocenters. The first-order chi connectivity index (χ1) is 11.9. The average molecular weight is 327 g/mol. The van der Waals surface area contributed by atoms with Gasteiger partial charge in [-0.05, 0) is 24.3 Å². The average Bonchev–Trinajstić information content (AvgIpc) is 2.71.